The van der Waals surface area contributed by atoms with Gasteiger partial charge < -0.3 is 25.2 Å². The summed E-state index contributed by atoms with van der Waals surface area (Å²) in [4.78, 5) is 8.87. The third-order valence-electron chi connectivity index (χ3n) is 8.38. The van der Waals surface area contributed by atoms with Crippen LogP contribution in [0.15, 0.2) is 48.5 Å². The van der Waals surface area contributed by atoms with Crippen LogP contribution >= 0.6 is 0 Å². The number of rotatable bonds is 8. The predicted octanol–water partition coefficient (Wildman–Crippen LogP) is 3.34. The van der Waals surface area contributed by atoms with Crippen molar-refractivity contribution in [2.24, 2.45) is 11.5 Å². The number of halogens is 1. The van der Waals surface area contributed by atoms with Crippen LogP contribution in [0.3, 0.4) is 0 Å². The molecular weight excluding hydrogens is 495 g/mol. The van der Waals surface area contributed by atoms with Gasteiger partial charge in [0.25, 0.3) is 0 Å². The third kappa shape index (κ3) is 5.34. The van der Waals surface area contributed by atoms with E-state index in [4.69, 9.17) is 16.2 Å². The molecule has 208 valence electrons. The highest BCUT2D eigenvalue weighted by Gasteiger charge is 2.40. The van der Waals surface area contributed by atoms with Crippen molar-refractivity contribution in [1.29, 1.82) is 0 Å². The van der Waals surface area contributed by atoms with Crippen LogP contribution in [0.25, 0.3) is 0 Å². The number of nitrogens with two attached hydrogens (primary N) is 2. The Morgan fingerprint density at radius 1 is 1.05 bits per heavy atom. The molecule has 3 aliphatic rings. The number of H-pyrrole nitrogens is 1. The van der Waals surface area contributed by atoms with Crippen molar-refractivity contribution in [2.45, 2.75) is 44.2 Å². The SMILES string of the molecule is C[C@@H](c1ccc(F)cc1)N1c2cc(OCCN3CCN(C)CC3)ccc2C(N)N(c2cc(C3CC3)[nH]n2)C1N. The number of aromatic nitrogens is 2. The Morgan fingerprint density at radius 2 is 1.79 bits per heavy atom. The molecule has 3 heterocycles. The summed E-state index contributed by atoms with van der Waals surface area (Å²) in [5.74, 6) is 1.78. The van der Waals surface area contributed by atoms with Crippen LogP contribution < -0.4 is 26.0 Å². The van der Waals surface area contributed by atoms with Crippen molar-refractivity contribution < 1.29 is 9.13 Å². The van der Waals surface area contributed by atoms with Crippen molar-refractivity contribution in [2.75, 3.05) is 56.2 Å². The van der Waals surface area contributed by atoms with E-state index in [0.29, 0.717) is 12.5 Å². The fourth-order valence-corrected chi connectivity index (χ4v) is 5.72. The Labute approximate surface area is 229 Å². The molecule has 6 rings (SSSR count). The molecule has 0 amide bonds. The first-order valence-corrected chi connectivity index (χ1v) is 14.0. The monoisotopic (exact) mass is 534 g/mol. The Balaban J connectivity index is 1.28. The van der Waals surface area contributed by atoms with Crippen LogP contribution in [-0.4, -0.2) is 72.7 Å². The zero-order valence-electron chi connectivity index (χ0n) is 22.8. The largest absolute Gasteiger partial charge is 0.492 e. The molecule has 10 heteroatoms. The van der Waals surface area contributed by atoms with E-state index >= 15 is 0 Å². The molecule has 2 fully saturated rings. The van der Waals surface area contributed by atoms with Gasteiger partial charge in [0.05, 0.1) is 11.7 Å². The average Bonchev–Trinajstić information content (AvgIpc) is 3.67. The minimum absolute atomic E-state index is 0.156. The molecule has 1 aromatic heterocycles. The smallest absolute Gasteiger partial charge is 0.158 e. The number of ether oxygens (including phenoxy) is 1. The Hall–Kier alpha value is -3.18. The van der Waals surface area contributed by atoms with Crippen molar-refractivity contribution in [3.63, 3.8) is 0 Å². The number of aromatic amines is 1. The maximum Gasteiger partial charge on any atom is 0.158 e. The number of nitrogens with one attached hydrogen (secondary N) is 1. The molecule has 2 aliphatic heterocycles. The van der Waals surface area contributed by atoms with E-state index in [1.807, 2.05) is 23.1 Å². The summed E-state index contributed by atoms with van der Waals surface area (Å²) in [6.07, 6.45) is 1.27. The van der Waals surface area contributed by atoms with E-state index in [2.05, 4.69) is 44.9 Å². The molecule has 39 heavy (non-hydrogen) atoms. The van der Waals surface area contributed by atoms with Crippen LogP contribution in [0.1, 0.15) is 54.7 Å². The number of hydrogen-bond donors (Lipinski definition) is 3. The number of anilines is 2. The van der Waals surface area contributed by atoms with Crippen LogP contribution in [0.4, 0.5) is 15.9 Å². The molecule has 3 atom stereocenters. The van der Waals surface area contributed by atoms with Gasteiger partial charge in [-0.3, -0.25) is 15.7 Å². The summed E-state index contributed by atoms with van der Waals surface area (Å²) in [6, 6.07) is 14.6. The lowest BCUT2D eigenvalue weighted by molar-refractivity contribution is 0.133. The Bertz CT molecular complexity index is 1270. The second-order valence-corrected chi connectivity index (χ2v) is 11.1. The van der Waals surface area contributed by atoms with E-state index in [-0.39, 0.29) is 11.9 Å². The van der Waals surface area contributed by atoms with Gasteiger partial charge in [0, 0.05) is 62.0 Å². The Kier molecular flexibility index (Phi) is 7.20. The lowest BCUT2D eigenvalue weighted by Crippen LogP contribution is -2.61. The number of hydrogen-bond acceptors (Lipinski definition) is 8. The number of nitrogens with zero attached hydrogens (tertiary/aromatic N) is 5. The molecule has 5 N–H and O–H groups in total. The van der Waals surface area contributed by atoms with Gasteiger partial charge in [-0.25, -0.2) is 4.39 Å². The summed E-state index contributed by atoms with van der Waals surface area (Å²) in [5, 5.41) is 7.78. The minimum Gasteiger partial charge on any atom is -0.492 e. The quantitative estimate of drug-likeness (QED) is 0.405. The summed E-state index contributed by atoms with van der Waals surface area (Å²) < 4.78 is 20.0. The van der Waals surface area contributed by atoms with E-state index in [1.54, 1.807) is 12.1 Å². The van der Waals surface area contributed by atoms with Gasteiger partial charge in [0.15, 0.2) is 12.1 Å². The fourth-order valence-electron chi connectivity index (χ4n) is 5.72. The molecule has 0 bridgehead atoms. The number of fused-ring (bicyclic) bond motifs is 1. The number of piperazine rings is 1. The standard InChI is InChI=1S/C29H39FN8O/c1-19(20-5-7-22(30)8-6-20)37-26-17-23(39-16-15-36-13-11-35(2)12-14-36)9-10-24(26)28(31)38(29(37)32)27-18-25(33-34-27)21-3-4-21/h5-10,17-19,21,28-29H,3-4,11-16,31-32H2,1-2H3,(H,33,34)/t19-,28?,29?/m0/s1. The highest BCUT2D eigenvalue weighted by Crippen LogP contribution is 2.45. The van der Waals surface area contributed by atoms with Gasteiger partial charge in [-0.2, -0.15) is 5.10 Å². The molecule has 1 saturated heterocycles. The normalized spacial score (nSPS) is 23.1. The lowest BCUT2D eigenvalue weighted by Gasteiger charge is -2.49. The fraction of sp³-hybridized carbons (Fsp3) is 0.483. The predicted molar refractivity (Wildman–Crippen MR) is 151 cm³/mol. The van der Waals surface area contributed by atoms with E-state index in [1.165, 1.54) is 25.0 Å². The second kappa shape index (κ2) is 10.8. The minimum atomic E-state index is -0.594. The number of likely N-dealkylation sites (N-methyl/N-ethyl adjacent to an activating group) is 1. The molecule has 0 spiro atoms. The van der Waals surface area contributed by atoms with E-state index in [0.717, 1.165) is 66.8 Å². The maximum absolute atomic E-state index is 13.7. The summed E-state index contributed by atoms with van der Waals surface area (Å²) in [6.45, 7) is 7.85. The van der Waals surface area contributed by atoms with Crippen molar-refractivity contribution >= 4 is 11.5 Å². The van der Waals surface area contributed by atoms with Crippen molar-refractivity contribution in [1.82, 2.24) is 20.0 Å². The van der Waals surface area contributed by atoms with Crippen LogP contribution in [0.2, 0.25) is 0 Å². The molecular formula is C29H39FN8O. The first-order chi connectivity index (χ1) is 18.9. The van der Waals surface area contributed by atoms with Gasteiger partial charge in [0.2, 0.25) is 0 Å². The maximum atomic E-state index is 13.7. The van der Waals surface area contributed by atoms with Gasteiger partial charge >= 0.3 is 0 Å². The van der Waals surface area contributed by atoms with Gasteiger partial charge in [-0.05, 0) is 56.6 Å². The first-order valence-electron chi connectivity index (χ1n) is 14.0. The van der Waals surface area contributed by atoms with Crippen LogP contribution in [0, 0.1) is 5.82 Å². The third-order valence-corrected chi connectivity index (χ3v) is 8.38. The zero-order valence-corrected chi connectivity index (χ0v) is 22.8. The van der Waals surface area contributed by atoms with Crippen molar-refractivity contribution in [3.05, 3.63) is 71.2 Å². The highest BCUT2D eigenvalue weighted by atomic mass is 19.1. The highest BCUT2D eigenvalue weighted by molar-refractivity contribution is 5.66. The second-order valence-electron chi connectivity index (χ2n) is 11.1. The Morgan fingerprint density at radius 3 is 2.51 bits per heavy atom. The molecule has 1 saturated carbocycles. The molecule has 0 radical (unpaired) electrons. The molecule has 9 nitrogen and oxygen atoms in total. The molecule has 3 aromatic rings. The first kappa shape index (κ1) is 26.1. The van der Waals surface area contributed by atoms with Crippen LogP contribution in [0.5, 0.6) is 5.75 Å². The molecule has 2 aromatic carbocycles. The van der Waals surface area contributed by atoms with E-state index < -0.39 is 12.5 Å². The van der Waals surface area contributed by atoms with Gasteiger partial charge in [0.1, 0.15) is 24.3 Å². The van der Waals surface area contributed by atoms with E-state index in [9.17, 15) is 4.39 Å². The van der Waals surface area contributed by atoms with Crippen LogP contribution in [-0.2, 0) is 0 Å². The van der Waals surface area contributed by atoms with Gasteiger partial charge in [-0.15, -0.1) is 0 Å². The lowest BCUT2D eigenvalue weighted by atomic mass is 9.99. The molecule has 1 aliphatic carbocycles. The van der Waals surface area contributed by atoms with Crippen molar-refractivity contribution in [3.8, 4) is 5.75 Å². The number of benzene rings is 2. The van der Waals surface area contributed by atoms with Gasteiger partial charge in [-0.1, -0.05) is 12.1 Å². The topological polar surface area (TPSA) is 103 Å². The zero-order chi connectivity index (χ0) is 27.1. The molecule has 2 unspecified atom stereocenters. The summed E-state index contributed by atoms with van der Waals surface area (Å²) in [7, 11) is 2.16. The summed E-state index contributed by atoms with van der Waals surface area (Å²) in [5.41, 5.74) is 17.8. The summed E-state index contributed by atoms with van der Waals surface area (Å²) >= 11 is 0. The average molecular weight is 535 g/mol.